The van der Waals surface area contributed by atoms with Gasteiger partial charge in [-0.25, -0.2) is 0 Å². The van der Waals surface area contributed by atoms with Gasteiger partial charge < -0.3 is 0 Å². The third-order valence-electron chi connectivity index (χ3n) is 1.38. The Morgan fingerprint density at radius 2 is 2.20 bits per heavy atom. The van der Waals surface area contributed by atoms with E-state index >= 15 is 0 Å². The molecule has 0 saturated carbocycles. The number of hydrogen-bond donors (Lipinski definition) is 0. The van der Waals surface area contributed by atoms with Gasteiger partial charge in [0, 0.05) is 0 Å². The lowest BCUT2D eigenvalue weighted by atomic mass is 10.2. The van der Waals surface area contributed by atoms with E-state index in [0.717, 1.165) is 12.8 Å². The molecule has 0 unspecified atom stereocenters. The zero-order valence-corrected chi connectivity index (χ0v) is 5.54. The van der Waals surface area contributed by atoms with E-state index in [1.54, 1.807) is 12.2 Å². The van der Waals surface area contributed by atoms with E-state index in [1.807, 2.05) is 0 Å². The van der Waals surface area contributed by atoms with Gasteiger partial charge in [0.05, 0.1) is 5.57 Å². The molecule has 0 aromatic heterocycles. The first-order valence-corrected chi connectivity index (χ1v) is 3.21. The number of hydrogen-bond acceptors (Lipinski definition) is 2. The normalized spacial score (nSPS) is 18.0. The van der Waals surface area contributed by atoms with Gasteiger partial charge in [0.1, 0.15) is 0 Å². The van der Waals surface area contributed by atoms with Crippen molar-refractivity contribution in [2.45, 2.75) is 12.8 Å². The maximum Gasteiger partial charge on any atom is 0.188 e. The topological polar surface area (TPSA) is 34.1 Å². The third kappa shape index (κ3) is 1.41. The molecule has 0 bridgehead atoms. The molecule has 10 heavy (non-hydrogen) atoms. The van der Waals surface area contributed by atoms with Crippen LogP contribution in [-0.2, 0) is 9.59 Å². The largest absolute Gasteiger partial charge is 0.298 e. The van der Waals surface area contributed by atoms with E-state index < -0.39 is 0 Å². The fourth-order valence-electron chi connectivity index (χ4n) is 0.828. The van der Waals surface area contributed by atoms with Crippen molar-refractivity contribution < 1.29 is 9.59 Å². The highest BCUT2D eigenvalue weighted by atomic mass is 16.1. The monoisotopic (exact) mass is 136 g/mol. The van der Waals surface area contributed by atoms with Crippen molar-refractivity contribution in [2.24, 2.45) is 0 Å². The van der Waals surface area contributed by atoms with Crippen molar-refractivity contribution in [3.63, 3.8) is 0 Å². The molecular formula is C8H8O2. The SMILES string of the molecule is O=CC1=CCCC=CC1=O. The zero-order valence-electron chi connectivity index (χ0n) is 5.54. The Morgan fingerprint density at radius 3 is 2.90 bits per heavy atom. The lowest BCUT2D eigenvalue weighted by Crippen LogP contribution is -1.97. The zero-order chi connectivity index (χ0) is 7.40. The van der Waals surface area contributed by atoms with Gasteiger partial charge in [-0.05, 0) is 18.9 Å². The second-order valence-electron chi connectivity index (χ2n) is 2.12. The Labute approximate surface area is 59.2 Å². The summed E-state index contributed by atoms with van der Waals surface area (Å²) >= 11 is 0. The average molecular weight is 136 g/mol. The number of rotatable bonds is 1. The van der Waals surface area contributed by atoms with Crippen LogP contribution in [0.4, 0.5) is 0 Å². The summed E-state index contributed by atoms with van der Waals surface area (Å²) in [5, 5.41) is 0. The maximum atomic E-state index is 10.9. The van der Waals surface area contributed by atoms with Crippen LogP contribution in [0.3, 0.4) is 0 Å². The number of carbonyl (C=O) groups excluding carboxylic acids is 2. The van der Waals surface area contributed by atoms with Crippen molar-refractivity contribution in [3.05, 3.63) is 23.8 Å². The minimum absolute atomic E-state index is 0.174. The first-order chi connectivity index (χ1) is 4.84. The molecule has 0 saturated heterocycles. The van der Waals surface area contributed by atoms with Gasteiger partial charge >= 0.3 is 0 Å². The molecule has 0 fully saturated rings. The Kier molecular flexibility index (Phi) is 2.15. The van der Waals surface area contributed by atoms with Crippen molar-refractivity contribution >= 4 is 12.1 Å². The minimum atomic E-state index is -0.174. The first-order valence-electron chi connectivity index (χ1n) is 3.21. The van der Waals surface area contributed by atoms with Gasteiger partial charge in [0.15, 0.2) is 12.1 Å². The number of aldehydes is 1. The van der Waals surface area contributed by atoms with Crippen molar-refractivity contribution in [3.8, 4) is 0 Å². The smallest absolute Gasteiger partial charge is 0.188 e. The molecular weight excluding hydrogens is 128 g/mol. The molecule has 1 aliphatic carbocycles. The Hall–Kier alpha value is -1.18. The highest BCUT2D eigenvalue weighted by Crippen LogP contribution is 2.05. The molecule has 2 nitrogen and oxygen atoms in total. The van der Waals surface area contributed by atoms with Gasteiger partial charge in [-0.2, -0.15) is 0 Å². The summed E-state index contributed by atoms with van der Waals surface area (Å²) in [6.45, 7) is 0. The van der Waals surface area contributed by atoms with Crippen LogP contribution in [0.2, 0.25) is 0 Å². The Morgan fingerprint density at radius 1 is 1.40 bits per heavy atom. The van der Waals surface area contributed by atoms with Gasteiger partial charge in [-0.1, -0.05) is 12.2 Å². The molecule has 52 valence electrons. The van der Waals surface area contributed by atoms with Crippen LogP contribution in [0.15, 0.2) is 23.8 Å². The summed E-state index contributed by atoms with van der Waals surface area (Å²) in [4.78, 5) is 21.1. The Balaban J connectivity index is 2.85. The van der Waals surface area contributed by atoms with Gasteiger partial charge in [-0.3, -0.25) is 9.59 Å². The summed E-state index contributed by atoms with van der Waals surface area (Å²) in [6, 6.07) is 0. The molecule has 0 radical (unpaired) electrons. The predicted octanol–water partition coefficient (Wildman–Crippen LogP) is 1.03. The van der Waals surface area contributed by atoms with E-state index in [0.29, 0.717) is 6.29 Å². The van der Waals surface area contributed by atoms with Crippen LogP contribution in [0.1, 0.15) is 12.8 Å². The molecule has 0 heterocycles. The first kappa shape index (κ1) is 6.93. The highest BCUT2D eigenvalue weighted by molar-refractivity contribution is 6.17. The Bertz CT molecular complexity index is 211. The number of allylic oxidation sites excluding steroid dienone is 4. The maximum absolute atomic E-state index is 10.9. The van der Waals surface area contributed by atoms with Crippen LogP contribution in [0.25, 0.3) is 0 Å². The van der Waals surface area contributed by atoms with E-state index in [-0.39, 0.29) is 11.4 Å². The second kappa shape index (κ2) is 3.11. The molecule has 0 atom stereocenters. The van der Waals surface area contributed by atoms with E-state index in [4.69, 9.17) is 0 Å². The van der Waals surface area contributed by atoms with E-state index in [1.165, 1.54) is 6.08 Å². The summed E-state index contributed by atoms with van der Waals surface area (Å²) in [6.07, 6.45) is 7.16. The fourth-order valence-corrected chi connectivity index (χ4v) is 0.828. The van der Waals surface area contributed by atoms with Crippen LogP contribution < -0.4 is 0 Å². The third-order valence-corrected chi connectivity index (χ3v) is 1.38. The summed E-state index contributed by atoms with van der Waals surface area (Å²) in [7, 11) is 0. The van der Waals surface area contributed by atoms with Crippen LogP contribution >= 0.6 is 0 Å². The number of carbonyl (C=O) groups is 2. The van der Waals surface area contributed by atoms with Crippen molar-refractivity contribution in [2.75, 3.05) is 0 Å². The van der Waals surface area contributed by atoms with Gasteiger partial charge in [-0.15, -0.1) is 0 Å². The molecule has 0 aromatic rings. The number of ketones is 1. The second-order valence-corrected chi connectivity index (χ2v) is 2.12. The molecule has 0 N–H and O–H groups in total. The van der Waals surface area contributed by atoms with Crippen molar-refractivity contribution in [1.82, 2.24) is 0 Å². The van der Waals surface area contributed by atoms with Crippen LogP contribution in [0.5, 0.6) is 0 Å². The standard InChI is InChI=1S/C8H8O2/c9-6-7-4-2-1-3-5-8(7)10/h3-6H,1-2H2. The van der Waals surface area contributed by atoms with E-state index in [9.17, 15) is 9.59 Å². The average Bonchev–Trinajstić information content (AvgIpc) is 2.13. The van der Waals surface area contributed by atoms with Gasteiger partial charge in [0.25, 0.3) is 0 Å². The van der Waals surface area contributed by atoms with Gasteiger partial charge in [0.2, 0.25) is 0 Å². The summed E-state index contributed by atoms with van der Waals surface area (Å²) in [5.74, 6) is -0.174. The quantitative estimate of drug-likeness (QED) is 0.398. The predicted molar refractivity (Wildman–Crippen MR) is 37.5 cm³/mol. The molecule has 0 aliphatic heterocycles. The highest BCUT2D eigenvalue weighted by Gasteiger charge is 2.05. The summed E-state index contributed by atoms with van der Waals surface area (Å²) < 4.78 is 0. The molecule has 1 rings (SSSR count). The molecule has 0 aromatic carbocycles. The minimum Gasteiger partial charge on any atom is -0.298 e. The molecule has 0 spiro atoms. The fraction of sp³-hybridized carbons (Fsp3) is 0.250. The lowest BCUT2D eigenvalue weighted by Gasteiger charge is -1.86. The van der Waals surface area contributed by atoms with Crippen LogP contribution in [0, 0.1) is 0 Å². The lowest BCUT2D eigenvalue weighted by molar-refractivity contribution is -0.114. The molecule has 1 aliphatic rings. The molecule has 2 heteroatoms. The van der Waals surface area contributed by atoms with Crippen LogP contribution in [-0.4, -0.2) is 12.1 Å². The molecule has 0 amide bonds. The van der Waals surface area contributed by atoms with E-state index in [2.05, 4.69) is 0 Å². The van der Waals surface area contributed by atoms with Crippen molar-refractivity contribution in [1.29, 1.82) is 0 Å². The summed E-state index contributed by atoms with van der Waals surface area (Å²) in [5.41, 5.74) is 0.286.